The summed E-state index contributed by atoms with van der Waals surface area (Å²) in [5.41, 5.74) is 9.10. The highest BCUT2D eigenvalue weighted by Crippen LogP contribution is 2.42. The van der Waals surface area contributed by atoms with Gasteiger partial charge in [0, 0.05) is 37.4 Å². The van der Waals surface area contributed by atoms with Gasteiger partial charge in [-0.25, -0.2) is 9.98 Å². The minimum atomic E-state index is -0.306. The van der Waals surface area contributed by atoms with Crippen LogP contribution in [0.15, 0.2) is 180 Å². The second kappa shape index (κ2) is 11.7. The molecule has 0 amide bonds. The third-order valence-electron chi connectivity index (χ3n) is 9.66. The van der Waals surface area contributed by atoms with Gasteiger partial charge in [0.15, 0.2) is 5.84 Å². The summed E-state index contributed by atoms with van der Waals surface area (Å²) in [4.78, 5) is 10.5. The van der Waals surface area contributed by atoms with Crippen molar-refractivity contribution in [1.29, 1.82) is 0 Å². The predicted octanol–water partition coefficient (Wildman–Crippen LogP) is 11.3. The van der Waals surface area contributed by atoms with Gasteiger partial charge < -0.3 is 9.88 Å². The molecule has 50 heavy (non-hydrogen) atoms. The second-order valence-corrected chi connectivity index (χ2v) is 13.6. The molecule has 0 bridgehead atoms. The fraction of sp³-hybridized carbons (Fsp3) is 0.0222. The summed E-state index contributed by atoms with van der Waals surface area (Å²) >= 11 is 1.83. The van der Waals surface area contributed by atoms with Crippen LogP contribution >= 0.6 is 11.3 Å². The lowest BCUT2D eigenvalue weighted by atomic mass is 10.0. The number of fused-ring (bicyclic) bond motifs is 6. The van der Waals surface area contributed by atoms with Gasteiger partial charge in [-0.05, 0) is 47.0 Å². The van der Waals surface area contributed by atoms with Crippen LogP contribution in [-0.4, -0.2) is 16.2 Å². The van der Waals surface area contributed by atoms with Crippen molar-refractivity contribution < 1.29 is 0 Å². The zero-order valence-electron chi connectivity index (χ0n) is 27.0. The number of amidine groups is 2. The maximum atomic E-state index is 5.33. The van der Waals surface area contributed by atoms with Gasteiger partial charge in [0.25, 0.3) is 0 Å². The third kappa shape index (κ3) is 4.66. The van der Waals surface area contributed by atoms with E-state index >= 15 is 0 Å². The molecule has 236 valence electrons. The molecule has 2 aromatic heterocycles. The van der Waals surface area contributed by atoms with E-state index in [0.717, 1.165) is 33.9 Å². The molecule has 0 aliphatic carbocycles. The van der Waals surface area contributed by atoms with Crippen LogP contribution in [0.2, 0.25) is 0 Å². The van der Waals surface area contributed by atoms with Gasteiger partial charge in [-0.3, -0.25) is 0 Å². The van der Waals surface area contributed by atoms with Crippen molar-refractivity contribution in [1.82, 2.24) is 9.88 Å². The molecule has 1 atom stereocenters. The molecule has 9 aromatic rings. The zero-order valence-corrected chi connectivity index (χ0v) is 27.8. The minimum absolute atomic E-state index is 0.306. The number of aromatic nitrogens is 1. The molecule has 0 fully saturated rings. The number of aliphatic imine (C=N–C) groups is 2. The van der Waals surface area contributed by atoms with Crippen molar-refractivity contribution in [2.45, 2.75) is 6.17 Å². The SMILES string of the molecule is c1ccc(C2=NC(c3cccc4c3sc3c(-n5c6ccccc6c6ccccc65)cccc34)=NC(c3cccc(-c4ccccc4)c3)N2)cc1. The molecule has 1 aliphatic heterocycles. The molecule has 0 saturated carbocycles. The Bertz CT molecular complexity index is 2740. The Morgan fingerprint density at radius 2 is 1.08 bits per heavy atom. The van der Waals surface area contributed by atoms with Crippen molar-refractivity contribution in [3.05, 3.63) is 187 Å². The highest BCUT2D eigenvalue weighted by atomic mass is 32.1. The Morgan fingerprint density at radius 3 is 1.82 bits per heavy atom. The molecule has 0 saturated heterocycles. The van der Waals surface area contributed by atoms with Crippen LogP contribution < -0.4 is 5.32 Å². The third-order valence-corrected chi connectivity index (χ3v) is 10.9. The summed E-state index contributed by atoms with van der Waals surface area (Å²) in [6.45, 7) is 0. The molecule has 4 nitrogen and oxygen atoms in total. The first-order valence-corrected chi connectivity index (χ1v) is 17.7. The number of nitrogens with one attached hydrogen (secondary N) is 1. The summed E-state index contributed by atoms with van der Waals surface area (Å²) in [7, 11) is 0. The Kier molecular flexibility index (Phi) is 6.71. The van der Waals surface area contributed by atoms with Crippen LogP contribution in [0.1, 0.15) is 22.9 Å². The normalized spacial score (nSPS) is 14.6. The fourth-order valence-corrected chi connectivity index (χ4v) is 8.65. The van der Waals surface area contributed by atoms with E-state index in [4.69, 9.17) is 9.98 Å². The lowest BCUT2D eigenvalue weighted by Crippen LogP contribution is -2.33. The first-order valence-electron chi connectivity index (χ1n) is 16.9. The van der Waals surface area contributed by atoms with Crippen LogP contribution in [0.4, 0.5) is 0 Å². The average Bonchev–Trinajstić information content (AvgIpc) is 3.75. The Balaban J connectivity index is 1.17. The maximum absolute atomic E-state index is 5.33. The van der Waals surface area contributed by atoms with Gasteiger partial charge >= 0.3 is 0 Å². The molecule has 0 radical (unpaired) electrons. The van der Waals surface area contributed by atoms with E-state index in [-0.39, 0.29) is 6.17 Å². The molecule has 1 N–H and O–H groups in total. The fourth-order valence-electron chi connectivity index (χ4n) is 7.34. The number of thiophene rings is 1. The highest BCUT2D eigenvalue weighted by molar-refractivity contribution is 7.26. The molecular weight excluding hydrogens is 629 g/mol. The zero-order chi connectivity index (χ0) is 33.0. The van der Waals surface area contributed by atoms with Gasteiger partial charge in [0.1, 0.15) is 12.0 Å². The molecule has 10 rings (SSSR count). The average molecular weight is 659 g/mol. The molecule has 5 heteroatoms. The van der Waals surface area contributed by atoms with Crippen molar-refractivity contribution >= 4 is 65.0 Å². The maximum Gasteiger partial charge on any atom is 0.160 e. The summed E-state index contributed by atoms with van der Waals surface area (Å²) in [5.74, 6) is 1.54. The van der Waals surface area contributed by atoms with Gasteiger partial charge in [-0.15, -0.1) is 11.3 Å². The summed E-state index contributed by atoms with van der Waals surface area (Å²) in [5, 5.41) is 8.63. The van der Waals surface area contributed by atoms with E-state index in [1.54, 1.807) is 0 Å². The topological polar surface area (TPSA) is 41.7 Å². The summed E-state index contributed by atoms with van der Waals surface area (Å²) in [6, 6.07) is 60.1. The summed E-state index contributed by atoms with van der Waals surface area (Å²) < 4.78 is 4.85. The second-order valence-electron chi connectivity index (χ2n) is 12.6. The van der Waals surface area contributed by atoms with Crippen LogP contribution in [-0.2, 0) is 0 Å². The molecule has 7 aromatic carbocycles. The van der Waals surface area contributed by atoms with Crippen molar-refractivity contribution in [2.24, 2.45) is 9.98 Å². The van der Waals surface area contributed by atoms with Gasteiger partial charge in [-0.2, -0.15) is 0 Å². The van der Waals surface area contributed by atoms with Gasteiger partial charge in [-0.1, -0.05) is 140 Å². The number of para-hydroxylation sites is 2. The number of benzene rings is 7. The predicted molar refractivity (Wildman–Crippen MR) is 211 cm³/mol. The van der Waals surface area contributed by atoms with Crippen LogP contribution in [0.3, 0.4) is 0 Å². The molecule has 1 aliphatic rings. The minimum Gasteiger partial charge on any atom is -0.344 e. The lowest BCUT2D eigenvalue weighted by Gasteiger charge is -2.24. The van der Waals surface area contributed by atoms with Gasteiger partial charge in [0.05, 0.1) is 21.4 Å². The largest absolute Gasteiger partial charge is 0.344 e. The van der Waals surface area contributed by atoms with Crippen LogP contribution in [0, 0.1) is 0 Å². The standard InChI is InChI=1S/C45H30N4S/c1-3-14-29(15-4-1)31-18-11-19-32(28-31)44-46-43(30-16-5-2-6-17-30)47-45(48-44)37-24-12-22-35-36-23-13-27-40(42(36)50-41(35)37)49-38-25-9-7-20-33(38)34-21-8-10-26-39(34)49/h1-28,44H,(H,46,47,48). The molecular formula is C45H30N4S. The van der Waals surface area contributed by atoms with Crippen LogP contribution in [0.25, 0.3) is 58.8 Å². The summed E-state index contributed by atoms with van der Waals surface area (Å²) in [6.07, 6.45) is -0.306. The molecule has 1 unspecified atom stereocenters. The van der Waals surface area contributed by atoms with E-state index in [1.807, 2.05) is 17.4 Å². The van der Waals surface area contributed by atoms with E-state index in [9.17, 15) is 0 Å². The first-order chi connectivity index (χ1) is 24.8. The highest BCUT2D eigenvalue weighted by Gasteiger charge is 2.24. The Morgan fingerprint density at radius 1 is 0.500 bits per heavy atom. The lowest BCUT2D eigenvalue weighted by molar-refractivity contribution is 0.674. The van der Waals surface area contributed by atoms with E-state index in [0.29, 0.717) is 0 Å². The van der Waals surface area contributed by atoms with E-state index < -0.39 is 0 Å². The Labute approximate surface area is 293 Å². The number of rotatable bonds is 5. The van der Waals surface area contributed by atoms with Gasteiger partial charge in [0.2, 0.25) is 0 Å². The number of nitrogens with zero attached hydrogens (tertiary/aromatic N) is 3. The van der Waals surface area contributed by atoms with Crippen LogP contribution in [0.5, 0.6) is 0 Å². The quantitative estimate of drug-likeness (QED) is 0.196. The molecule has 0 spiro atoms. The van der Waals surface area contributed by atoms with Crippen molar-refractivity contribution in [3.63, 3.8) is 0 Å². The molecule has 3 heterocycles. The number of hydrogen-bond acceptors (Lipinski definition) is 4. The monoisotopic (exact) mass is 658 g/mol. The number of hydrogen-bond donors (Lipinski definition) is 1. The van der Waals surface area contributed by atoms with E-state index in [1.165, 1.54) is 53.2 Å². The smallest absolute Gasteiger partial charge is 0.160 e. The van der Waals surface area contributed by atoms with E-state index in [2.05, 4.69) is 174 Å². The van der Waals surface area contributed by atoms with Crippen molar-refractivity contribution in [2.75, 3.05) is 0 Å². The first kappa shape index (κ1) is 28.7. The van der Waals surface area contributed by atoms with Crippen molar-refractivity contribution in [3.8, 4) is 16.8 Å². The Hall–Kier alpha value is -6.30.